The van der Waals surface area contributed by atoms with E-state index in [4.69, 9.17) is 0 Å². The highest BCUT2D eigenvalue weighted by Crippen LogP contribution is 2.13. The second-order valence-corrected chi connectivity index (χ2v) is 5.98. The number of hydrazine groups is 1. The number of likely N-dealkylation sites (N-methyl/N-ethyl adjacent to an activating group) is 1. The monoisotopic (exact) mass is 290 g/mol. The maximum Gasteiger partial charge on any atom is 0.238 e. The fourth-order valence-corrected chi connectivity index (χ4v) is 2.47. The van der Waals surface area contributed by atoms with E-state index in [2.05, 4.69) is 47.0 Å². The van der Waals surface area contributed by atoms with Crippen molar-refractivity contribution in [2.75, 3.05) is 25.0 Å². The summed E-state index contributed by atoms with van der Waals surface area (Å²) in [4.78, 5) is 14.2. The molecular formula is C16H26N4O. The second-order valence-electron chi connectivity index (χ2n) is 5.98. The molecule has 5 heteroatoms. The number of rotatable bonds is 6. The first-order chi connectivity index (χ1) is 10.1. The van der Waals surface area contributed by atoms with Crippen LogP contribution in [0.3, 0.4) is 0 Å². The van der Waals surface area contributed by atoms with E-state index in [0.29, 0.717) is 18.5 Å². The number of para-hydroxylation sites is 1. The van der Waals surface area contributed by atoms with E-state index in [1.165, 1.54) is 0 Å². The smallest absolute Gasteiger partial charge is 0.238 e. The SMILES string of the molecule is CC(C)C1CC(C(=O)NCCN(C)c2ccccc2)NN1. The Morgan fingerprint density at radius 2 is 2.05 bits per heavy atom. The summed E-state index contributed by atoms with van der Waals surface area (Å²) in [5, 5.41) is 3.00. The minimum atomic E-state index is -0.126. The Balaban J connectivity index is 1.70. The highest BCUT2D eigenvalue weighted by Gasteiger charge is 2.30. The molecular weight excluding hydrogens is 264 g/mol. The number of carbonyl (C=O) groups is 1. The molecule has 1 aliphatic rings. The van der Waals surface area contributed by atoms with Crippen LogP contribution in [-0.4, -0.2) is 38.1 Å². The van der Waals surface area contributed by atoms with Crippen LogP contribution >= 0.6 is 0 Å². The maximum absolute atomic E-state index is 12.1. The van der Waals surface area contributed by atoms with Gasteiger partial charge in [-0.05, 0) is 24.5 Å². The Morgan fingerprint density at radius 1 is 1.33 bits per heavy atom. The fourth-order valence-electron chi connectivity index (χ4n) is 2.47. The van der Waals surface area contributed by atoms with Crippen molar-refractivity contribution in [2.24, 2.45) is 5.92 Å². The second kappa shape index (κ2) is 7.43. The Bertz CT molecular complexity index is 449. The number of hydrogen-bond acceptors (Lipinski definition) is 4. The van der Waals surface area contributed by atoms with E-state index in [-0.39, 0.29) is 11.9 Å². The third-order valence-electron chi connectivity index (χ3n) is 4.00. The highest BCUT2D eigenvalue weighted by molar-refractivity contribution is 5.82. The van der Waals surface area contributed by atoms with Crippen molar-refractivity contribution in [1.29, 1.82) is 0 Å². The summed E-state index contributed by atoms with van der Waals surface area (Å²) in [6, 6.07) is 10.4. The number of anilines is 1. The molecule has 5 nitrogen and oxygen atoms in total. The van der Waals surface area contributed by atoms with Crippen LogP contribution in [0.1, 0.15) is 20.3 Å². The molecule has 2 atom stereocenters. The van der Waals surface area contributed by atoms with Gasteiger partial charge in [0.25, 0.3) is 0 Å². The molecule has 0 spiro atoms. The molecule has 1 amide bonds. The average molecular weight is 290 g/mol. The standard InChI is InChI=1S/C16H26N4O/c1-12(2)14-11-15(19-18-14)16(21)17-9-10-20(3)13-7-5-4-6-8-13/h4-8,12,14-15,18-19H,9-11H2,1-3H3,(H,17,21). The summed E-state index contributed by atoms with van der Waals surface area (Å²) in [7, 11) is 2.03. The number of hydrogen-bond donors (Lipinski definition) is 3. The molecule has 2 unspecified atom stereocenters. The lowest BCUT2D eigenvalue weighted by Gasteiger charge is -2.20. The van der Waals surface area contributed by atoms with Gasteiger partial charge in [0.15, 0.2) is 0 Å². The fraction of sp³-hybridized carbons (Fsp3) is 0.562. The van der Waals surface area contributed by atoms with Gasteiger partial charge >= 0.3 is 0 Å². The Kier molecular flexibility index (Phi) is 5.59. The van der Waals surface area contributed by atoms with Gasteiger partial charge in [-0.1, -0.05) is 32.0 Å². The predicted octanol–water partition coefficient (Wildman–Crippen LogP) is 1.13. The van der Waals surface area contributed by atoms with Crippen molar-refractivity contribution < 1.29 is 4.79 Å². The summed E-state index contributed by atoms with van der Waals surface area (Å²) < 4.78 is 0. The molecule has 0 aromatic heterocycles. The zero-order valence-corrected chi connectivity index (χ0v) is 13.1. The lowest BCUT2D eigenvalue weighted by atomic mass is 9.99. The summed E-state index contributed by atoms with van der Waals surface area (Å²) in [5.41, 5.74) is 7.43. The highest BCUT2D eigenvalue weighted by atomic mass is 16.2. The first-order valence-electron chi connectivity index (χ1n) is 7.63. The predicted molar refractivity (Wildman–Crippen MR) is 86.0 cm³/mol. The van der Waals surface area contributed by atoms with Crippen LogP contribution in [0.2, 0.25) is 0 Å². The van der Waals surface area contributed by atoms with E-state index in [9.17, 15) is 4.79 Å². The van der Waals surface area contributed by atoms with Crippen LogP contribution in [0.15, 0.2) is 30.3 Å². The minimum Gasteiger partial charge on any atom is -0.373 e. The van der Waals surface area contributed by atoms with Crippen molar-refractivity contribution in [3.63, 3.8) is 0 Å². The van der Waals surface area contributed by atoms with Crippen LogP contribution in [-0.2, 0) is 4.79 Å². The first-order valence-corrected chi connectivity index (χ1v) is 7.63. The normalized spacial score (nSPS) is 21.5. The van der Waals surface area contributed by atoms with Gasteiger partial charge in [0.1, 0.15) is 6.04 Å². The molecule has 1 aromatic carbocycles. The molecule has 1 fully saturated rings. The van der Waals surface area contributed by atoms with Crippen LogP contribution in [0.5, 0.6) is 0 Å². The van der Waals surface area contributed by atoms with E-state index in [1.807, 2.05) is 25.2 Å². The van der Waals surface area contributed by atoms with E-state index in [0.717, 1.165) is 18.7 Å². The Morgan fingerprint density at radius 3 is 2.67 bits per heavy atom. The lowest BCUT2D eigenvalue weighted by Crippen LogP contribution is -2.45. The summed E-state index contributed by atoms with van der Waals surface area (Å²) >= 11 is 0. The largest absolute Gasteiger partial charge is 0.373 e. The molecule has 1 aromatic rings. The van der Waals surface area contributed by atoms with Crippen molar-refractivity contribution in [2.45, 2.75) is 32.4 Å². The van der Waals surface area contributed by atoms with Crippen LogP contribution in [0.4, 0.5) is 5.69 Å². The van der Waals surface area contributed by atoms with Gasteiger partial charge in [-0.3, -0.25) is 10.2 Å². The van der Waals surface area contributed by atoms with Gasteiger partial charge in [0.2, 0.25) is 5.91 Å². The molecule has 116 valence electrons. The van der Waals surface area contributed by atoms with Crippen molar-refractivity contribution >= 4 is 11.6 Å². The van der Waals surface area contributed by atoms with Gasteiger partial charge in [0.05, 0.1) is 0 Å². The van der Waals surface area contributed by atoms with E-state index in [1.54, 1.807) is 0 Å². The third kappa shape index (κ3) is 4.44. The van der Waals surface area contributed by atoms with Gasteiger partial charge in [0, 0.05) is 31.9 Å². The molecule has 0 bridgehead atoms. The van der Waals surface area contributed by atoms with Crippen LogP contribution < -0.4 is 21.1 Å². The number of nitrogens with zero attached hydrogens (tertiary/aromatic N) is 1. The molecule has 0 aliphatic carbocycles. The molecule has 0 radical (unpaired) electrons. The topological polar surface area (TPSA) is 56.4 Å². The van der Waals surface area contributed by atoms with Crippen molar-refractivity contribution in [1.82, 2.24) is 16.2 Å². The zero-order chi connectivity index (χ0) is 15.2. The van der Waals surface area contributed by atoms with E-state index >= 15 is 0 Å². The van der Waals surface area contributed by atoms with E-state index < -0.39 is 0 Å². The van der Waals surface area contributed by atoms with Crippen molar-refractivity contribution in [3.05, 3.63) is 30.3 Å². The Hall–Kier alpha value is -1.59. The first kappa shape index (κ1) is 15.8. The average Bonchev–Trinajstić information content (AvgIpc) is 2.98. The zero-order valence-electron chi connectivity index (χ0n) is 13.1. The molecule has 1 heterocycles. The van der Waals surface area contributed by atoms with Gasteiger partial charge in [-0.15, -0.1) is 0 Å². The molecule has 1 aliphatic heterocycles. The number of carbonyl (C=O) groups excluding carboxylic acids is 1. The molecule has 0 saturated carbocycles. The lowest BCUT2D eigenvalue weighted by molar-refractivity contribution is -0.122. The van der Waals surface area contributed by atoms with Crippen LogP contribution in [0.25, 0.3) is 0 Å². The molecule has 1 saturated heterocycles. The number of nitrogens with one attached hydrogen (secondary N) is 3. The quantitative estimate of drug-likeness (QED) is 0.735. The van der Waals surface area contributed by atoms with Gasteiger partial charge in [-0.2, -0.15) is 0 Å². The van der Waals surface area contributed by atoms with Gasteiger partial charge < -0.3 is 10.2 Å². The molecule has 3 N–H and O–H groups in total. The Labute approximate surface area is 127 Å². The summed E-state index contributed by atoms with van der Waals surface area (Å²) in [6.07, 6.45) is 0.845. The molecule has 2 rings (SSSR count). The summed E-state index contributed by atoms with van der Waals surface area (Å²) in [6.45, 7) is 5.77. The third-order valence-corrected chi connectivity index (χ3v) is 4.00. The number of amides is 1. The van der Waals surface area contributed by atoms with Crippen LogP contribution in [0, 0.1) is 5.92 Å². The number of benzene rings is 1. The van der Waals surface area contributed by atoms with Gasteiger partial charge in [-0.25, -0.2) is 5.43 Å². The maximum atomic E-state index is 12.1. The minimum absolute atomic E-state index is 0.0760. The molecule has 21 heavy (non-hydrogen) atoms. The summed E-state index contributed by atoms with van der Waals surface area (Å²) in [5.74, 6) is 0.603. The van der Waals surface area contributed by atoms with Crippen molar-refractivity contribution in [3.8, 4) is 0 Å².